The predicted molar refractivity (Wildman–Crippen MR) is 106 cm³/mol. The van der Waals surface area contributed by atoms with E-state index in [4.69, 9.17) is 28.6 Å². The average molecular weight is 428 g/mol. The van der Waals surface area contributed by atoms with Crippen molar-refractivity contribution < 1.29 is 9.53 Å². The maximum atomic E-state index is 11.7. The van der Waals surface area contributed by atoms with Gasteiger partial charge in [0.05, 0.1) is 22.9 Å². The first-order valence-electron chi connectivity index (χ1n) is 7.30. The molecule has 0 heterocycles. The van der Waals surface area contributed by atoms with Crippen LogP contribution >= 0.6 is 39.7 Å². The van der Waals surface area contributed by atoms with Crippen molar-refractivity contribution in [3.63, 3.8) is 0 Å². The third-order valence-electron chi connectivity index (χ3n) is 3.00. The molecule has 0 spiro atoms. The quantitative estimate of drug-likeness (QED) is 0.489. The molecule has 0 saturated heterocycles. The van der Waals surface area contributed by atoms with Gasteiger partial charge in [-0.15, -0.1) is 0 Å². The second-order valence-electron chi connectivity index (χ2n) is 4.92. The van der Waals surface area contributed by atoms with Crippen LogP contribution in [0.25, 0.3) is 0 Å². The Morgan fingerprint density at radius 1 is 1.21 bits per heavy atom. The number of thiocarbonyl (C=S) groups is 1. The molecule has 2 N–H and O–H groups in total. The van der Waals surface area contributed by atoms with Crippen LogP contribution in [0.15, 0.2) is 46.9 Å². The lowest BCUT2D eigenvalue weighted by atomic mass is 10.2. The molecule has 0 aliphatic carbocycles. The maximum Gasteiger partial charge on any atom is 0.338 e. The van der Waals surface area contributed by atoms with E-state index in [0.29, 0.717) is 28.0 Å². The van der Waals surface area contributed by atoms with E-state index in [0.717, 1.165) is 16.6 Å². The summed E-state index contributed by atoms with van der Waals surface area (Å²) in [5.41, 5.74) is 1.97. The minimum absolute atomic E-state index is 0.328. The highest BCUT2D eigenvalue weighted by Gasteiger charge is 2.07. The van der Waals surface area contributed by atoms with Crippen molar-refractivity contribution in [1.82, 2.24) is 0 Å². The van der Waals surface area contributed by atoms with Crippen LogP contribution in [0.1, 0.15) is 23.7 Å². The summed E-state index contributed by atoms with van der Waals surface area (Å²) in [5, 5.41) is 7.03. The van der Waals surface area contributed by atoms with E-state index in [2.05, 4.69) is 26.6 Å². The molecule has 0 fully saturated rings. The second kappa shape index (κ2) is 9.01. The topological polar surface area (TPSA) is 50.4 Å². The van der Waals surface area contributed by atoms with E-state index in [1.54, 1.807) is 30.3 Å². The van der Waals surface area contributed by atoms with E-state index in [-0.39, 0.29) is 5.97 Å². The minimum atomic E-state index is -0.328. The van der Waals surface area contributed by atoms with Gasteiger partial charge in [-0.2, -0.15) is 0 Å². The second-order valence-corrected chi connectivity index (χ2v) is 6.65. The molecule has 2 aromatic rings. The van der Waals surface area contributed by atoms with Crippen LogP contribution in [-0.2, 0) is 4.74 Å². The molecule has 0 atom stereocenters. The normalized spacial score (nSPS) is 10.1. The van der Waals surface area contributed by atoms with Crippen LogP contribution in [0.2, 0.25) is 5.02 Å². The first kappa shape index (κ1) is 18.7. The number of hydrogen-bond acceptors (Lipinski definition) is 3. The van der Waals surface area contributed by atoms with Crippen LogP contribution in [0.4, 0.5) is 11.4 Å². The highest BCUT2D eigenvalue weighted by molar-refractivity contribution is 9.10. The smallest absolute Gasteiger partial charge is 0.338 e. The Balaban J connectivity index is 1.95. The van der Waals surface area contributed by atoms with Gasteiger partial charge >= 0.3 is 5.97 Å². The SMILES string of the molecule is CCCOC(=O)c1ccc(NC(=S)Nc2ccc(Br)cc2Cl)cc1. The summed E-state index contributed by atoms with van der Waals surface area (Å²) in [5.74, 6) is -0.328. The molecule has 0 aliphatic heterocycles. The van der Waals surface area contributed by atoms with Crippen molar-refractivity contribution >= 4 is 62.2 Å². The number of carbonyl (C=O) groups is 1. The van der Waals surface area contributed by atoms with Crippen molar-refractivity contribution in [2.24, 2.45) is 0 Å². The van der Waals surface area contributed by atoms with Crippen LogP contribution in [0.5, 0.6) is 0 Å². The van der Waals surface area contributed by atoms with E-state index < -0.39 is 0 Å². The monoisotopic (exact) mass is 426 g/mol. The van der Waals surface area contributed by atoms with Gasteiger partial charge < -0.3 is 15.4 Å². The summed E-state index contributed by atoms with van der Waals surface area (Å²) in [7, 11) is 0. The van der Waals surface area contributed by atoms with Crippen LogP contribution in [0, 0.1) is 0 Å². The molecule has 2 rings (SSSR count). The van der Waals surface area contributed by atoms with Gasteiger partial charge in [0.15, 0.2) is 5.11 Å². The molecule has 0 bridgehead atoms. The van der Waals surface area contributed by atoms with Crippen LogP contribution < -0.4 is 10.6 Å². The molecule has 4 nitrogen and oxygen atoms in total. The summed E-state index contributed by atoms with van der Waals surface area (Å²) in [6, 6.07) is 12.4. The largest absolute Gasteiger partial charge is 0.462 e. The van der Waals surface area contributed by atoms with Gasteiger partial charge in [-0.3, -0.25) is 0 Å². The van der Waals surface area contributed by atoms with E-state index in [1.807, 2.05) is 19.1 Å². The number of rotatable bonds is 5. The Morgan fingerprint density at radius 2 is 1.92 bits per heavy atom. The molecule has 2 aromatic carbocycles. The van der Waals surface area contributed by atoms with E-state index >= 15 is 0 Å². The van der Waals surface area contributed by atoms with Crippen LogP contribution in [-0.4, -0.2) is 17.7 Å². The molecule has 0 amide bonds. The molecule has 0 aromatic heterocycles. The van der Waals surface area contributed by atoms with E-state index in [9.17, 15) is 4.79 Å². The van der Waals surface area contributed by atoms with E-state index in [1.165, 1.54) is 0 Å². The lowest BCUT2D eigenvalue weighted by molar-refractivity contribution is 0.0505. The minimum Gasteiger partial charge on any atom is -0.462 e. The molecular formula is C17H16BrClN2O2S. The third kappa shape index (κ3) is 5.47. The third-order valence-corrected chi connectivity index (χ3v) is 4.01. The Labute approximate surface area is 159 Å². The average Bonchev–Trinajstić information content (AvgIpc) is 2.56. The standard InChI is InChI=1S/C17H16BrClN2O2S/c1-2-9-23-16(22)11-3-6-13(7-4-11)20-17(24)21-15-8-5-12(18)10-14(15)19/h3-8,10H,2,9H2,1H3,(H2,20,21,24). The van der Waals surface area contributed by atoms with Crippen LogP contribution in [0.3, 0.4) is 0 Å². The van der Waals surface area contributed by atoms with Gasteiger partial charge in [0, 0.05) is 10.2 Å². The first-order valence-corrected chi connectivity index (χ1v) is 8.87. The van der Waals surface area contributed by atoms with Gasteiger partial charge in [0.2, 0.25) is 0 Å². The number of benzene rings is 2. The summed E-state index contributed by atoms with van der Waals surface area (Å²) in [6.45, 7) is 2.37. The molecule has 7 heteroatoms. The van der Waals surface area contributed by atoms with Gasteiger partial charge in [-0.25, -0.2) is 4.79 Å². The highest BCUT2D eigenvalue weighted by atomic mass is 79.9. The molecule has 24 heavy (non-hydrogen) atoms. The zero-order valence-electron chi connectivity index (χ0n) is 12.9. The van der Waals surface area contributed by atoms with Gasteiger partial charge in [-0.1, -0.05) is 34.5 Å². The number of esters is 1. The summed E-state index contributed by atoms with van der Waals surface area (Å²) in [4.78, 5) is 11.7. The number of hydrogen-bond donors (Lipinski definition) is 2. The first-order chi connectivity index (χ1) is 11.5. The maximum absolute atomic E-state index is 11.7. The van der Waals surface area contributed by atoms with Gasteiger partial charge in [0.1, 0.15) is 0 Å². The van der Waals surface area contributed by atoms with Crippen molar-refractivity contribution in [2.45, 2.75) is 13.3 Å². The summed E-state index contributed by atoms with van der Waals surface area (Å²) < 4.78 is 5.98. The number of anilines is 2. The Kier molecular flexibility index (Phi) is 7.02. The van der Waals surface area contributed by atoms with Gasteiger partial charge in [0.25, 0.3) is 0 Å². The van der Waals surface area contributed by atoms with Gasteiger partial charge in [-0.05, 0) is 61.1 Å². The molecule has 0 radical (unpaired) electrons. The number of ether oxygens (including phenoxy) is 1. The number of halogens is 2. The zero-order valence-corrected chi connectivity index (χ0v) is 16.1. The van der Waals surface area contributed by atoms with Crippen molar-refractivity contribution in [3.8, 4) is 0 Å². The molecule has 0 saturated carbocycles. The molecule has 0 aliphatic rings. The van der Waals surface area contributed by atoms with Crippen molar-refractivity contribution in [1.29, 1.82) is 0 Å². The number of nitrogens with one attached hydrogen (secondary N) is 2. The Hall–Kier alpha value is -1.63. The molecule has 126 valence electrons. The fourth-order valence-electron chi connectivity index (χ4n) is 1.84. The molecular weight excluding hydrogens is 412 g/mol. The lowest BCUT2D eigenvalue weighted by Crippen LogP contribution is -2.19. The summed E-state index contributed by atoms with van der Waals surface area (Å²) >= 11 is 14.8. The lowest BCUT2D eigenvalue weighted by Gasteiger charge is -2.12. The Bertz CT molecular complexity index is 738. The Morgan fingerprint density at radius 3 is 2.54 bits per heavy atom. The summed E-state index contributed by atoms with van der Waals surface area (Å²) in [6.07, 6.45) is 0.796. The van der Waals surface area contributed by atoms with Crippen molar-refractivity contribution in [3.05, 3.63) is 57.5 Å². The molecule has 0 unspecified atom stereocenters. The fraction of sp³-hybridized carbons (Fsp3) is 0.176. The van der Waals surface area contributed by atoms with Crippen molar-refractivity contribution in [2.75, 3.05) is 17.2 Å². The fourth-order valence-corrected chi connectivity index (χ4v) is 2.79. The highest BCUT2D eigenvalue weighted by Crippen LogP contribution is 2.25. The predicted octanol–water partition coefficient (Wildman–Crippen LogP) is 5.48. The zero-order chi connectivity index (χ0) is 17.5. The number of carbonyl (C=O) groups excluding carboxylic acids is 1.